The minimum atomic E-state index is -3.70. The second-order valence-corrected chi connectivity index (χ2v) is 9.99. The first-order valence-electron chi connectivity index (χ1n) is 7.99. The molecule has 0 fully saturated rings. The van der Waals surface area contributed by atoms with Crippen LogP contribution in [0, 0.1) is 5.92 Å². The number of thioether (sulfide) groups is 1. The van der Waals surface area contributed by atoms with E-state index >= 15 is 0 Å². The van der Waals surface area contributed by atoms with Gasteiger partial charge >= 0.3 is 0 Å². The molecule has 0 saturated heterocycles. The lowest BCUT2D eigenvalue weighted by Gasteiger charge is -2.21. The van der Waals surface area contributed by atoms with E-state index in [1.54, 1.807) is 30.0 Å². The van der Waals surface area contributed by atoms with Crippen molar-refractivity contribution in [1.29, 1.82) is 0 Å². The number of carbonyl (C=O) groups excluding carboxylic acids is 1. The quantitative estimate of drug-likeness (QED) is 0.805. The van der Waals surface area contributed by atoms with E-state index < -0.39 is 10.0 Å². The summed E-state index contributed by atoms with van der Waals surface area (Å²) >= 11 is 3.09. The van der Waals surface area contributed by atoms with Gasteiger partial charge in [0, 0.05) is 21.9 Å². The number of nitrogens with one attached hydrogen (secondary N) is 2. The van der Waals surface area contributed by atoms with Crippen molar-refractivity contribution in [2.75, 3.05) is 11.1 Å². The van der Waals surface area contributed by atoms with Gasteiger partial charge in [-0.25, -0.2) is 13.1 Å². The van der Waals surface area contributed by atoms with E-state index in [-0.39, 0.29) is 22.8 Å². The number of hydrogen-bond acceptors (Lipinski definition) is 5. The van der Waals surface area contributed by atoms with Gasteiger partial charge in [0.2, 0.25) is 15.9 Å². The van der Waals surface area contributed by atoms with Gasteiger partial charge in [-0.05, 0) is 35.6 Å². The van der Waals surface area contributed by atoms with Crippen LogP contribution in [0.2, 0.25) is 0 Å². The Morgan fingerprint density at radius 1 is 1.24 bits per heavy atom. The Labute approximate surface area is 156 Å². The smallest absolute Gasteiger partial charge is 0.241 e. The molecule has 5 nitrogen and oxygen atoms in total. The molecule has 1 aromatic heterocycles. The van der Waals surface area contributed by atoms with Crippen molar-refractivity contribution in [2.24, 2.45) is 5.92 Å². The van der Waals surface area contributed by atoms with E-state index in [0.717, 1.165) is 9.77 Å². The van der Waals surface area contributed by atoms with Gasteiger partial charge in [0.1, 0.15) is 0 Å². The van der Waals surface area contributed by atoms with Gasteiger partial charge in [0.25, 0.3) is 0 Å². The highest BCUT2D eigenvalue weighted by Gasteiger charge is 2.26. The maximum Gasteiger partial charge on any atom is 0.241 e. The van der Waals surface area contributed by atoms with E-state index in [2.05, 4.69) is 10.0 Å². The molecule has 134 valence electrons. The Morgan fingerprint density at radius 3 is 2.72 bits per heavy atom. The molecular weight excluding hydrogens is 376 g/mol. The minimum absolute atomic E-state index is 0.0904. The highest BCUT2D eigenvalue weighted by molar-refractivity contribution is 7.99. The van der Waals surface area contributed by atoms with Gasteiger partial charge < -0.3 is 5.32 Å². The molecule has 0 spiro atoms. The monoisotopic (exact) mass is 396 g/mol. The van der Waals surface area contributed by atoms with Crippen LogP contribution in [0.3, 0.4) is 0 Å². The number of carbonyl (C=O) groups is 1. The van der Waals surface area contributed by atoms with E-state index in [0.29, 0.717) is 17.9 Å². The van der Waals surface area contributed by atoms with Gasteiger partial charge in [0.05, 0.1) is 16.6 Å². The van der Waals surface area contributed by atoms with Crippen LogP contribution in [0.15, 0.2) is 45.5 Å². The van der Waals surface area contributed by atoms with Crippen LogP contribution in [0.25, 0.3) is 0 Å². The Balaban J connectivity index is 1.91. The number of thiophene rings is 1. The summed E-state index contributed by atoms with van der Waals surface area (Å²) < 4.78 is 28.5. The van der Waals surface area contributed by atoms with E-state index in [1.165, 1.54) is 11.3 Å². The Kier molecular flexibility index (Phi) is 5.52. The number of amides is 1. The topological polar surface area (TPSA) is 75.3 Å². The molecule has 25 heavy (non-hydrogen) atoms. The van der Waals surface area contributed by atoms with Crippen molar-refractivity contribution in [2.45, 2.75) is 36.1 Å². The normalized spacial score (nSPS) is 16.2. The first kappa shape index (κ1) is 18.4. The number of fused-ring (bicyclic) bond motifs is 1. The summed E-state index contributed by atoms with van der Waals surface area (Å²) in [4.78, 5) is 13.8. The maximum absolute atomic E-state index is 12.9. The zero-order chi connectivity index (χ0) is 18.0. The summed E-state index contributed by atoms with van der Waals surface area (Å²) in [5.41, 5.74) is 0.563. The van der Waals surface area contributed by atoms with E-state index in [9.17, 15) is 13.2 Å². The third-order valence-corrected chi connectivity index (χ3v) is 7.39. The van der Waals surface area contributed by atoms with Crippen LogP contribution < -0.4 is 10.0 Å². The van der Waals surface area contributed by atoms with Crippen LogP contribution in [-0.2, 0) is 14.8 Å². The first-order chi connectivity index (χ1) is 11.9. The number of rotatable bonds is 5. The fourth-order valence-electron chi connectivity index (χ4n) is 2.59. The third-order valence-electron chi connectivity index (χ3n) is 3.92. The molecule has 1 aliphatic rings. The molecule has 0 unspecified atom stereocenters. The van der Waals surface area contributed by atoms with Crippen molar-refractivity contribution in [1.82, 2.24) is 4.72 Å². The minimum Gasteiger partial charge on any atom is -0.325 e. The lowest BCUT2D eigenvalue weighted by molar-refractivity contribution is -0.115. The summed E-state index contributed by atoms with van der Waals surface area (Å²) in [6.07, 6.45) is 0.424. The average molecular weight is 397 g/mol. The molecule has 1 amide bonds. The second kappa shape index (κ2) is 7.49. The largest absolute Gasteiger partial charge is 0.325 e. The van der Waals surface area contributed by atoms with Crippen molar-refractivity contribution in [3.63, 3.8) is 0 Å². The summed E-state index contributed by atoms with van der Waals surface area (Å²) in [6, 6.07) is 8.46. The van der Waals surface area contributed by atoms with Gasteiger partial charge in [0.15, 0.2) is 0 Å². The average Bonchev–Trinajstić information content (AvgIpc) is 3.01. The molecule has 0 aliphatic carbocycles. The lowest BCUT2D eigenvalue weighted by Crippen LogP contribution is -2.31. The van der Waals surface area contributed by atoms with Crippen molar-refractivity contribution < 1.29 is 13.2 Å². The highest BCUT2D eigenvalue weighted by atomic mass is 32.2. The fourth-order valence-corrected chi connectivity index (χ4v) is 5.94. The molecule has 1 atom stereocenters. The number of benzene rings is 1. The highest BCUT2D eigenvalue weighted by Crippen LogP contribution is 2.33. The summed E-state index contributed by atoms with van der Waals surface area (Å²) in [7, 11) is -3.70. The number of anilines is 1. The molecule has 1 aromatic carbocycles. The van der Waals surface area contributed by atoms with Crippen molar-refractivity contribution in [3.05, 3.63) is 40.6 Å². The Hall–Kier alpha value is -1.35. The van der Waals surface area contributed by atoms with Crippen LogP contribution >= 0.6 is 23.1 Å². The van der Waals surface area contributed by atoms with Gasteiger partial charge in [-0.1, -0.05) is 19.9 Å². The molecule has 0 saturated carbocycles. The SMILES string of the molecule is CC(C)[C@@H](NS(=O)(=O)c1ccc2c(c1)NC(=O)CCS2)c1cccs1. The summed E-state index contributed by atoms with van der Waals surface area (Å²) in [5.74, 6) is 0.716. The molecule has 2 N–H and O–H groups in total. The van der Waals surface area contributed by atoms with Crippen LogP contribution in [0.5, 0.6) is 0 Å². The molecule has 8 heteroatoms. The van der Waals surface area contributed by atoms with Gasteiger partial charge in [-0.3, -0.25) is 4.79 Å². The molecule has 0 bridgehead atoms. The molecule has 2 aromatic rings. The summed E-state index contributed by atoms with van der Waals surface area (Å²) in [5, 5.41) is 4.73. The fraction of sp³-hybridized carbons (Fsp3) is 0.353. The van der Waals surface area contributed by atoms with Gasteiger partial charge in [-0.2, -0.15) is 0 Å². The predicted molar refractivity (Wildman–Crippen MR) is 103 cm³/mol. The van der Waals surface area contributed by atoms with E-state index in [1.807, 2.05) is 31.4 Å². The zero-order valence-corrected chi connectivity index (χ0v) is 16.4. The molecule has 0 radical (unpaired) electrons. The standard InChI is InChI=1S/C17H20N2O3S3/c1-11(2)17(15-4-3-8-23-15)19-25(21,22)12-5-6-14-13(10-12)18-16(20)7-9-24-14/h3-6,8,10-11,17,19H,7,9H2,1-2H3,(H,18,20)/t17-/m1/s1. The third kappa shape index (κ3) is 4.25. The molecule has 3 rings (SSSR count). The summed E-state index contributed by atoms with van der Waals surface area (Å²) in [6.45, 7) is 3.97. The molecule has 2 heterocycles. The van der Waals surface area contributed by atoms with Crippen molar-refractivity contribution >= 4 is 44.7 Å². The molecule has 1 aliphatic heterocycles. The predicted octanol–water partition coefficient (Wildman–Crippen LogP) is 3.86. The number of hydrogen-bond donors (Lipinski definition) is 2. The van der Waals surface area contributed by atoms with Gasteiger partial charge in [-0.15, -0.1) is 23.1 Å². The second-order valence-electron chi connectivity index (χ2n) is 6.16. The van der Waals surface area contributed by atoms with Crippen LogP contribution in [0.1, 0.15) is 31.2 Å². The van der Waals surface area contributed by atoms with Crippen LogP contribution in [-0.4, -0.2) is 20.1 Å². The zero-order valence-electron chi connectivity index (χ0n) is 14.0. The Bertz CT molecular complexity index is 861. The Morgan fingerprint density at radius 2 is 2.04 bits per heavy atom. The molecular formula is C17H20N2O3S3. The van der Waals surface area contributed by atoms with E-state index in [4.69, 9.17) is 0 Å². The van der Waals surface area contributed by atoms with Crippen LogP contribution in [0.4, 0.5) is 5.69 Å². The number of sulfonamides is 1. The maximum atomic E-state index is 12.9. The lowest BCUT2D eigenvalue weighted by atomic mass is 10.0. The van der Waals surface area contributed by atoms with Crippen molar-refractivity contribution in [3.8, 4) is 0 Å². The first-order valence-corrected chi connectivity index (χ1v) is 11.3.